The van der Waals surface area contributed by atoms with E-state index >= 15 is 0 Å². The van der Waals surface area contributed by atoms with Gasteiger partial charge in [-0.15, -0.1) is 0 Å². The number of ether oxygens (including phenoxy) is 1. The maximum Gasteiger partial charge on any atom is 0.274 e. The Morgan fingerprint density at radius 1 is 1.11 bits per heavy atom. The van der Waals surface area contributed by atoms with Crippen LogP contribution in [0, 0.1) is 5.82 Å². The van der Waals surface area contributed by atoms with Gasteiger partial charge in [0.25, 0.3) is 5.89 Å². The molecule has 0 aliphatic carbocycles. The molecule has 4 aromatic rings. The molecule has 2 aromatic carbocycles. The fourth-order valence-electron chi connectivity index (χ4n) is 3.71. The zero-order valence-electron chi connectivity index (χ0n) is 14.8. The van der Waals surface area contributed by atoms with Crippen molar-refractivity contribution in [1.29, 1.82) is 0 Å². The highest BCUT2D eigenvalue weighted by atomic mass is 19.1. The van der Waals surface area contributed by atoms with Gasteiger partial charge in [0.15, 0.2) is 11.3 Å². The van der Waals surface area contributed by atoms with Crippen LogP contribution < -0.4 is 5.43 Å². The van der Waals surface area contributed by atoms with Crippen molar-refractivity contribution < 1.29 is 13.7 Å². The molecule has 1 N–H and O–H groups in total. The molecule has 0 bridgehead atoms. The van der Waals surface area contributed by atoms with Crippen LogP contribution in [0.2, 0.25) is 0 Å². The number of halogens is 1. The molecule has 1 saturated heterocycles. The first-order valence-electron chi connectivity index (χ1n) is 8.96. The maximum absolute atomic E-state index is 13.4. The van der Waals surface area contributed by atoms with Crippen LogP contribution in [-0.2, 0) is 10.2 Å². The van der Waals surface area contributed by atoms with E-state index in [0.717, 1.165) is 5.56 Å². The van der Waals surface area contributed by atoms with Crippen LogP contribution >= 0.6 is 0 Å². The fourth-order valence-corrected chi connectivity index (χ4v) is 3.71. The molecule has 5 rings (SSSR count). The molecule has 28 heavy (non-hydrogen) atoms. The molecule has 1 unspecified atom stereocenters. The number of hydrogen-bond donors (Lipinski definition) is 1. The molecule has 1 atom stereocenters. The lowest BCUT2D eigenvalue weighted by Gasteiger charge is -2.23. The highest BCUT2D eigenvalue weighted by molar-refractivity contribution is 5.80. The van der Waals surface area contributed by atoms with Crippen molar-refractivity contribution >= 4 is 10.9 Å². The standard InChI is InChI=1S/C21H16FN3O3/c22-14-7-5-13(6-8-14)21(9-10-27-12-21)20-24-19(28-25-20)17-11-18(26)15-3-1-2-4-16(15)23-17/h1-8,11H,9-10,12H2,(H,23,26). The predicted molar refractivity (Wildman–Crippen MR) is 100 cm³/mol. The monoisotopic (exact) mass is 377 g/mol. The first-order chi connectivity index (χ1) is 13.7. The minimum atomic E-state index is -0.605. The lowest BCUT2D eigenvalue weighted by Crippen LogP contribution is -2.29. The van der Waals surface area contributed by atoms with E-state index in [2.05, 4.69) is 15.1 Å². The maximum atomic E-state index is 13.4. The molecule has 3 heterocycles. The summed E-state index contributed by atoms with van der Waals surface area (Å²) in [5.74, 6) is 0.382. The lowest BCUT2D eigenvalue weighted by molar-refractivity contribution is 0.182. The SMILES string of the molecule is O=c1cc(-c2nc(C3(c4ccc(F)cc4)CCOC3)no2)[nH]c2ccccc12. The van der Waals surface area contributed by atoms with Crippen molar-refractivity contribution in [2.24, 2.45) is 0 Å². The Hall–Kier alpha value is -3.32. The lowest BCUT2D eigenvalue weighted by atomic mass is 9.79. The van der Waals surface area contributed by atoms with Crippen molar-refractivity contribution in [3.63, 3.8) is 0 Å². The van der Waals surface area contributed by atoms with Crippen molar-refractivity contribution in [3.8, 4) is 11.6 Å². The topological polar surface area (TPSA) is 81.0 Å². The summed E-state index contributed by atoms with van der Waals surface area (Å²) < 4.78 is 24.5. The Bertz CT molecular complexity index is 1210. The van der Waals surface area contributed by atoms with E-state index in [9.17, 15) is 9.18 Å². The van der Waals surface area contributed by atoms with Gasteiger partial charge in [0.2, 0.25) is 0 Å². The number of nitrogens with one attached hydrogen (secondary N) is 1. The number of rotatable bonds is 3. The fraction of sp³-hybridized carbons (Fsp3) is 0.190. The highest BCUT2D eigenvalue weighted by Crippen LogP contribution is 2.39. The van der Waals surface area contributed by atoms with Gasteiger partial charge >= 0.3 is 0 Å². The van der Waals surface area contributed by atoms with Gasteiger partial charge in [-0.05, 0) is 36.2 Å². The highest BCUT2D eigenvalue weighted by Gasteiger charge is 2.43. The molecule has 1 aliphatic heterocycles. The summed E-state index contributed by atoms with van der Waals surface area (Å²) in [6.07, 6.45) is 0.659. The van der Waals surface area contributed by atoms with Crippen LogP contribution in [0.5, 0.6) is 0 Å². The van der Waals surface area contributed by atoms with E-state index in [4.69, 9.17) is 9.26 Å². The molecule has 7 heteroatoms. The van der Waals surface area contributed by atoms with Crippen LogP contribution in [0.15, 0.2) is 63.9 Å². The third-order valence-corrected chi connectivity index (χ3v) is 5.24. The minimum Gasteiger partial charge on any atom is -0.380 e. The molecule has 140 valence electrons. The van der Waals surface area contributed by atoms with Crippen molar-refractivity contribution in [2.45, 2.75) is 11.8 Å². The molecular weight excluding hydrogens is 361 g/mol. The molecule has 6 nitrogen and oxygen atoms in total. The average molecular weight is 377 g/mol. The first-order valence-corrected chi connectivity index (χ1v) is 8.96. The number of aromatic amines is 1. The van der Waals surface area contributed by atoms with Gasteiger partial charge in [-0.3, -0.25) is 4.79 Å². The first kappa shape index (κ1) is 16.8. The van der Waals surface area contributed by atoms with Crippen molar-refractivity contribution in [3.05, 3.63) is 82.0 Å². The summed E-state index contributed by atoms with van der Waals surface area (Å²) in [6.45, 7) is 0.930. The zero-order chi connectivity index (χ0) is 19.1. The van der Waals surface area contributed by atoms with Gasteiger partial charge in [-0.2, -0.15) is 4.98 Å². The molecule has 0 saturated carbocycles. The number of hydrogen-bond acceptors (Lipinski definition) is 5. The van der Waals surface area contributed by atoms with Gasteiger partial charge in [-0.25, -0.2) is 4.39 Å². The van der Waals surface area contributed by atoms with Gasteiger partial charge in [0.1, 0.15) is 11.5 Å². The summed E-state index contributed by atoms with van der Waals surface area (Å²) in [5, 5.41) is 4.77. The second kappa shape index (κ2) is 6.38. The number of nitrogens with zero attached hydrogens (tertiary/aromatic N) is 2. The number of H-pyrrole nitrogens is 1. The molecule has 0 amide bonds. The van der Waals surface area contributed by atoms with Crippen LogP contribution in [0.25, 0.3) is 22.5 Å². The van der Waals surface area contributed by atoms with E-state index in [-0.39, 0.29) is 17.1 Å². The van der Waals surface area contributed by atoms with E-state index in [0.29, 0.717) is 42.1 Å². The number of aromatic nitrogens is 3. The Morgan fingerprint density at radius 3 is 2.71 bits per heavy atom. The summed E-state index contributed by atoms with van der Waals surface area (Å²) in [7, 11) is 0. The summed E-state index contributed by atoms with van der Waals surface area (Å²) >= 11 is 0. The van der Waals surface area contributed by atoms with E-state index in [1.54, 1.807) is 18.2 Å². The molecular formula is C21H16FN3O3. The summed E-state index contributed by atoms with van der Waals surface area (Å²) in [6, 6.07) is 15.0. The summed E-state index contributed by atoms with van der Waals surface area (Å²) in [5.41, 5.74) is 1.29. The number of benzene rings is 2. The Morgan fingerprint density at radius 2 is 1.93 bits per heavy atom. The average Bonchev–Trinajstić information content (AvgIpc) is 3.39. The third-order valence-electron chi connectivity index (χ3n) is 5.24. The molecule has 0 spiro atoms. The van der Waals surface area contributed by atoms with Crippen LogP contribution in [0.1, 0.15) is 17.8 Å². The number of pyridine rings is 1. The largest absolute Gasteiger partial charge is 0.380 e. The molecule has 1 fully saturated rings. The van der Waals surface area contributed by atoms with Gasteiger partial charge in [0.05, 0.1) is 12.0 Å². The van der Waals surface area contributed by atoms with E-state index in [1.165, 1.54) is 18.2 Å². The molecule has 0 radical (unpaired) electrons. The Kier molecular flexibility index (Phi) is 3.84. The zero-order valence-corrected chi connectivity index (χ0v) is 14.8. The van der Waals surface area contributed by atoms with Gasteiger partial charge < -0.3 is 14.2 Å². The second-order valence-electron chi connectivity index (χ2n) is 6.91. The Balaban J connectivity index is 1.60. The minimum absolute atomic E-state index is 0.124. The quantitative estimate of drug-likeness (QED) is 0.592. The van der Waals surface area contributed by atoms with Crippen molar-refractivity contribution in [1.82, 2.24) is 15.1 Å². The van der Waals surface area contributed by atoms with E-state index < -0.39 is 5.41 Å². The van der Waals surface area contributed by atoms with Crippen LogP contribution in [-0.4, -0.2) is 28.3 Å². The van der Waals surface area contributed by atoms with Gasteiger partial charge in [-0.1, -0.05) is 29.4 Å². The normalized spacial score (nSPS) is 19.3. The van der Waals surface area contributed by atoms with Crippen molar-refractivity contribution in [2.75, 3.05) is 13.2 Å². The second-order valence-corrected chi connectivity index (χ2v) is 6.91. The predicted octanol–water partition coefficient (Wildman–Crippen LogP) is 3.42. The molecule has 2 aromatic heterocycles. The van der Waals surface area contributed by atoms with Gasteiger partial charge in [0, 0.05) is 23.6 Å². The van der Waals surface area contributed by atoms with Crippen LogP contribution in [0.3, 0.4) is 0 Å². The summed E-state index contributed by atoms with van der Waals surface area (Å²) in [4.78, 5) is 20.1. The van der Waals surface area contributed by atoms with Crippen LogP contribution in [0.4, 0.5) is 4.39 Å². The smallest absolute Gasteiger partial charge is 0.274 e. The number of fused-ring (bicyclic) bond motifs is 1. The van der Waals surface area contributed by atoms with E-state index in [1.807, 2.05) is 18.2 Å². The Labute approximate surface area is 159 Å². The number of para-hydroxylation sites is 1. The molecule has 1 aliphatic rings. The third kappa shape index (κ3) is 2.63.